The lowest BCUT2D eigenvalue weighted by Gasteiger charge is -2.22. The molecule has 0 aliphatic carbocycles. The van der Waals surface area contributed by atoms with E-state index in [-0.39, 0.29) is 12.5 Å². The SMILES string of the molecule is CCCOCC(=O)N1CCN(c2cc(N)ncn2)C[C@H](O)C1. The minimum absolute atomic E-state index is 0.0566. The van der Waals surface area contributed by atoms with Crippen molar-refractivity contribution in [1.82, 2.24) is 14.9 Å². The summed E-state index contributed by atoms with van der Waals surface area (Å²) in [5, 5.41) is 10.1. The third-order valence-electron chi connectivity index (χ3n) is 3.43. The Kier molecular flexibility index (Phi) is 5.91. The van der Waals surface area contributed by atoms with E-state index in [1.54, 1.807) is 11.0 Å². The molecule has 0 radical (unpaired) electrons. The van der Waals surface area contributed by atoms with Gasteiger partial charge < -0.3 is 25.4 Å². The number of hydrogen-bond acceptors (Lipinski definition) is 7. The van der Waals surface area contributed by atoms with Crippen molar-refractivity contribution in [3.63, 3.8) is 0 Å². The van der Waals surface area contributed by atoms with Crippen LogP contribution in [0.15, 0.2) is 12.4 Å². The molecule has 0 aromatic carbocycles. The van der Waals surface area contributed by atoms with E-state index in [0.717, 1.165) is 6.42 Å². The Morgan fingerprint density at radius 1 is 1.45 bits per heavy atom. The topological polar surface area (TPSA) is 105 Å². The Morgan fingerprint density at radius 2 is 2.27 bits per heavy atom. The van der Waals surface area contributed by atoms with Gasteiger partial charge in [0.2, 0.25) is 5.91 Å². The molecule has 2 heterocycles. The molecule has 1 atom stereocenters. The fourth-order valence-corrected chi connectivity index (χ4v) is 2.35. The standard InChI is InChI=1S/C14H23N5O3/c1-2-5-22-9-14(21)19-4-3-18(7-11(20)8-19)13-6-12(15)16-10-17-13/h6,10-11,20H,2-5,7-9H2,1H3,(H2,15,16,17)/t11-/m0/s1. The lowest BCUT2D eigenvalue weighted by Crippen LogP contribution is -2.39. The quantitative estimate of drug-likeness (QED) is 0.706. The summed E-state index contributed by atoms with van der Waals surface area (Å²) in [4.78, 5) is 23.7. The van der Waals surface area contributed by atoms with Gasteiger partial charge >= 0.3 is 0 Å². The monoisotopic (exact) mass is 309 g/mol. The van der Waals surface area contributed by atoms with Gasteiger partial charge in [-0.25, -0.2) is 9.97 Å². The second kappa shape index (κ2) is 7.90. The Morgan fingerprint density at radius 3 is 3.00 bits per heavy atom. The predicted octanol–water partition coefficient (Wildman–Crippen LogP) is -0.505. The molecule has 1 fully saturated rings. The molecule has 0 saturated carbocycles. The fourth-order valence-electron chi connectivity index (χ4n) is 2.35. The molecule has 1 aliphatic heterocycles. The van der Waals surface area contributed by atoms with E-state index in [9.17, 15) is 9.90 Å². The van der Waals surface area contributed by atoms with E-state index < -0.39 is 6.10 Å². The number of aliphatic hydroxyl groups is 1. The summed E-state index contributed by atoms with van der Waals surface area (Å²) in [5.41, 5.74) is 5.66. The maximum atomic E-state index is 12.1. The van der Waals surface area contributed by atoms with E-state index in [2.05, 4.69) is 9.97 Å². The van der Waals surface area contributed by atoms with Crippen molar-refractivity contribution in [3.8, 4) is 0 Å². The highest BCUT2D eigenvalue weighted by molar-refractivity contribution is 5.77. The van der Waals surface area contributed by atoms with Crippen LogP contribution in [0, 0.1) is 0 Å². The third kappa shape index (κ3) is 4.54. The number of nitrogens with zero attached hydrogens (tertiary/aromatic N) is 4. The first-order chi connectivity index (χ1) is 10.6. The van der Waals surface area contributed by atoms with Gasteiger partial charge in [-0.1, -0.05) is 6.92 Å². The zero-order valence-electron chi connectivity index (χ0n) is 12.8. The zero-order chi connectivity index (χ0) is 15.9. The Hall–Kier alpha value is -1.93. The van der Waals surface area contributed by atoms with Crippen LogP contribution in [0.1, 0.15) is 13.3 Å². The predicted molar refractivity (Wildman–Crippen MR) is 82.4 cm³/mol. The minimum atomic E-state index is -0.645. The molecule has 0 bridgehead atoms. The van der Waals surface area contributed by atoms with Crippen molar-refractivity contribution in [1.29, 1.82) is 0 Å². The molecule has 8 heteroatoms. The summed E-state index contributed by atoms with van der Waals surface area (Å²) in [7, 11) is 0. The van der Waals surface area contributed by atoms with Crippen molar-refractivity contribution >= 4 is 17.5 Å². The molecule has 0 spiro atoms. The fraction of sp³-hybridized carbons (Fsp3) is 0.643. The number of nitrogen functional groups attached to an aromatic ring is 1. The summed E-state index contributed by atoms with van der Waals surface area (Å²) >= 11 is 0. The van der Waals surface area contributed by atoms with Crippen LogP contribution in [0.25, 0.3) is 0 Å². The van der Waals surface area contributed by atoms with Crippen LogP contribution in [-0.2, 0) is 9.53 Å². The highest BCUT2D eigenvalue weighted by Gasteiger charge is 2.25. The smallest absolute Gasteiger partial charge is 0.248 e. The van der Waals surface area contributed by atoms with E-state index in [4.69, 9.17) is 10.5 Å². The van der Waals surface area contributed by atoms with Gasteiger partial charge in [0.05, 0.1) is 6.10 Å². The molecule has 1 aliphatic rings. The molecular formula is C14H23N5O3. The summed E-state index contributed by atoms with van der Waals surface area (Å²) in [5.74, 6) is 0.935. The largest absolute Gasteiger partial charge is 0.389 e. The van der Waals surface area contributed by atoms with Gasteiger partial charge in [0.25, 0.3) is 0 Å². The number of rotatable bonds is 5. The molecule has 1 aromatic heterocycles. The van der Waals surface area contributed by atoms with E-state index in [0.29, 0.717) is 44.4 Å². The molecule has 2 rings (SSSR count). The molecule has 1 saturated heterocycles. The molecule has 3 N–H and O–H groups in total. The highest BCUT2D eigenvalue weighted by Crippen LogP contribution is 2.15. The molecule has 22 heavy (non-hydrogen) atoms. The molecule has 1 aromatic rings. The number of β-amino-alcohol motifs (C(OH)–C–C–N with tert-alkyl or cyclic N) is 1. The molecule has 1 amide bonds. The lowest BCUT2D eigenvalue weighted by molar-refractivity contribution is -0.137. The number of anilines is 2. The summed E-state index contributed by atoms with van der Waals surface area (Å²) < 4.78 is 5.28. The van der Waals surface area contributed by atoms with Crippen molar-refractivity contribution < 1.29 is 14.6 Å². The first-order valence-electron chi connectivity index (χ1n) is 7.46. The highest BCUT2D eigenvalue weighted by atomic mass is 16.5. The number of carbonyl (C=O) groups is 1. The van der Waals surface area contributed by atoms with E-state index in [1.165, 1.54) is 6.33 Å². The zero-order valence-corrected chi connectivity index (χ0v) is 12.8. The maximum Gasteiger partial charge on any atom is 0.248 e. The molecule has 0 unspecified atom stereocenters. The van der Waals surface area contributed by atoms with Gasteiger partial charge in [-0.3, -0.25) is 4.79 Å². The van der Waals surface area contributed by atoms with E-state index >= 15 is 0 Å². The van der Waals surface area contributed by atoms with Crippen LogP contribution in [0.2, 0.25) is 0 Å². The van der Waals surface area contributed by atoms with Crippen molar-refractivity contribution in [2.45, 2.75) is 19.4 Å². The van der Waals surface area contributed by atoms with Gasteiger partial charge in [0.1, 0.15) is 24.6 Å². The van der Waals surface area contributed by atoms with Crippen LogP contribution in [0.4, 0.5) is 11.6 Å². The van der Waals surface area contributed by atoms with Gasteiger partial charge in [-0.15, -0.1) is 0 Å². The van der Waals surface area contributed by atoms with Crippen LogP contribution in [0.5, 0.6) is 0 Å². The van der Waals surface area contributed by atoms with Gasteiger partial charge in [-0.05, 0) is 6.42 Å². The third-order valence-corrected chi connectivity index (χ3v) is 3.43. The second-order valence-corrected chi connectivity index (χ2v) is 5.29. The Bertz CT molecular complexity index is 499. The molecule has 8 nitrogen and oxygen atoms in total. The molecular weight excluding hydrogens is 286 g/mol. The number of aromatic nitrogens is 2. The Labute approximate surface area is 129 Å². The molecule has 122 valence electrons. The minimum Gasteiger partial charge on any atom is -0.389 e. The summed E-state index contributed by atoms with van der Waals surface area (Å²) in [6.07, 6.45) is 1.62. The lowest BCUT2D eigenvalue weighted by atomic mass is 10.3. The summed E-state index contributed by atoms with van der Waals surface area (Å²) in [6, 6.07) is 1.66. The van der Waals surface area contributed by atoms with Crippen LogP contribution >= 0.6 is 0 Å². The number of carbonyl (C=O) groups excluding carboxylic acids is 1. The van der Waals surface area contributed by atoms with Gasteiger partial charge in [0, 0.05) is 38.9 Å². The summed E-state index contributed by atoms with van der Waals surface area (Å²) in [6.45, 7) is 4.39. The normalized spacial score (nSPS) is 19.1. The van der Waals surface area contributed by atoms with Crippen LogP contribution < -0.4 is 10.6 Å². The number of aliphatic hydroxyl groups excluding tert-OH is 1. The average Bonchev–Trinajstić information content (AvgIpc) is 2.69. The van der Waals surface area contributed by atoms with Gasteiger partial charge in [-0.2, -0.15) is 0 Å². The maximum absolute atomic E-state index is 12.1. The van der Waals surface area contributed by atoms with E-state index in [1.807, 2.05) is 11.8 Å². The number of ether oxygens (including phenoxy) is 1. The first-order valence-corrected chi connectivity index (χ1v) is 7.46. The van der Waals surface area contributed by atoms with Crippen LogP contribution in [-0.4, -0.2) is 71.4 Å². The second-order valence-electron chi connectivity index (χ2n) is 5.29. The number of amides is 1. The number of hydrogen-bond donors (Lipinski definition) is 2. The number of nitrogens with two attached hydrogens (primary N) is 1. The van der Waals surface area contributed by atoms with Crippen molar-refractivity contribution in [2.75, 3.05) is 50.0 Å². The van der Waals surface area contributed by atoms with Crippen molar-refractivity contribution in [2.24, 2.45) is 0 Å². The van der Waals surface area contributed by atoms with Crippen LogP contribution in [0.3, 0.4) is 0 Å². The van der Waals surface area contributed by atoms with Crippen molar-refractivity contribution in [3.05, 3.63) is 12.4 Å². The Balaban J connectivity index is 1.96. The van der Waals surface area contributed by atoms with Gasteiger partial charge in [0.15, 0.2) is 0 Å². The first kappa shape index (κ1) is 16.4. The average molecular weight is 309 g/mol.